The van der Waals surface area contributed by atoms with Crippen molar-refractivity contribution in [1.82, 2.24) is 34.8 Å². The molecule has 3 heterocycles. The number of aromatic nitrogens is 6. The summed E-state index contributed by atoms with van der Waals surface area (Å²) in [6.07, 6.45) is 14.6. The van der Waals surface area contributed by atoms with E-state index in [2.05, 4.69) is 25.5 Å². The molecule has 0 radical (unpaired) electrons. The first-order valence-corrected chi connectivity index (χ1v) is 10.5. The molecule has 0 unspecified atom stereocenters. The number of nitrogens with one attached hydrogen (secondary N) is 1. The monoisotopic (exact) mass is 413 g/mol. The summed E-state index contributed by atoms with van der Waals surface area (Å²) in [5.74, 6) is -0.0272. The van der Waals surface area contributed by atoms with E-state index in [1.807, 2.05) is 59.7 Å². The second kappa shape index (κ2) is 8.51. The van der Waals surface area contributed by atoms with E-state index in [9.17, 15) is 4.79 Å². The first-order chi connectivity index (χ1) is 15.3. The van der Waals surface area contributed by atoms with Gasteiger partial charge in [0.1, 0.15) is 6.33 Å². The smallest absolute Gasteiger partial charge is 0.251 e. The molecule has 0 saturated heterocycles. The zero-order valence-electron chi connectivity index (χ0n) is 17.0. The van der Waals surface area contributed by atoms with E-state index in [1.165, 1.54) is 0 Å². The van der Waals surface area contributed by atoms with Crippen molar-refractivity contribution in [3.63, 3.8) is 0 Å². The maximum atomic E-state index is 12.7. The minimum atomic E-state index is -0.0272. The summed E-state index contributed by atoms with van der Waals surface area (Å²) < 4.78 is 3.80. The van der Waals surface area contributed by atoms with Crippen LogP contribution in [0.25, 0.3) is 16.9 Å². The van der Waals surface area contributed by atoms with Crippen LogP contribution in [0.15, 0.2) is 73.7 Å². The number of nitrogens with zero attached hydrogens (tertiary/aromatic N) is 6. The number of hydrogen-bond acceptors (Lipinski definition) is 5. The Balaban J connectivity index is 1.16. The Bertz CT molecular complexity index is 1130. The Morgan fingerprint density at radius 3 is 2.55 bits per heavy atom. The van der Waals surface area contributed by atoms with Crippen LogP contribution in [-0.4, -0.2) is 41.5 Å². The molecule has 4 aromatic rings. The van der Waals surface area contributed by atoms with E-state index in [4.69, 9.17) is 0 Å². The summed E-state index contributed by atoms with van der Waals surface area (Å²) in [7, 11) is 0. The molecule has 1 aliphatic rings. The molecule has 1 saturated carbocycles. The van der Waals surface area contributed by atoms with Crippen LogP contribution in [0.4, 0.5) is 0 Å². The van der Waals surface area contributed by atoms with Crippen LogP contribution < -0.4 is 5.32 Å². The molecule has 8 heteroatoms. The lowest BCUT2D eigenvalue weighted by Gasteiger charge is -2.29. The van der Waals surface area contributed by atoms with Gasteiger partial charge in [-0.2, -0.15) is 10.2 Å². The highest BCUT2D eigenvalue weighted by Crippen LogP contribution is 2.29. The molecule has 3 aromatic heterocycles. The molecule has 1 N–H and O–H groups in total. The topological polar surface area (TPSA) is 90.5 Å². The molecule has 1 aliphatic carbocycles. The van der Waals surface area contributed by atoms with E-state index >= 15 is 0 Å². The van der Waals surface area contributed by atoms with E-state index in [0.717, 1.165) is 42.6 Å². The predicted octanol–water partition coefficient (Wildman–Crippen LogP) is 3.44. The first-order valence-electron chi connectivity index (χ1n) is 10.5. The highest BCUT2D eigenvalue weighted by molar-refractivity contribution is 5.94. The summed E-state index contributed by atoms with van der Waals surface area (Å²) >= 11 is 0. The minimum absolute atomic E-state index is 0.0272. The fraction of sp³-hybridized carbons (Fsp3) is 0.261. The largest absolute Gasteiger partial charge is 0.349 e. The molecule has 1 aromatic carbocycles. The molecular formula is C23H23N7O. The van der Waals surface area contributed by atoms with Crippen molar-refractivity contribution in [3.05, 3.63) is 79.3 Å². The van der Waals surface area contributed by atoms with Crippen LogP contribution in [-0.2, 0) is 0 Å². The Kier molecular flexibility index (Phi) is 5.26. The van der Waals surface area contributed by atoms with Gasteiger partial charge in [-0.25, -0.2) is 14.6 Å². The third-order valence-electron chi connectivity index (χ3n) is 5.78. The highest BCUT2D eigenvalue weighted by Gasteiger charge is 2.24. The molecule has 0 aliphatic heterocycles. The molecule has 5 rings (SSSR count). The number of carbonyl (C=O) groups excluding carboxylic acids is 1. The fourth-order valence-corrected chi connectivity index (χ4v) is 4.07. The van der Waals surface area contributed by atoms with E-state index in [-0.39, 0.29) is 11.9 Å². The molecule has 0 atom stereocenters. The Morgan fingerprint density at radius 1 is 1.00 bits per heavy atom. The van der Waals surface area contributed by atoms with Crippen molar-refractivity contribution in [2.75, 3.05) is 0 Å². The van der Waals surface area contributed by atoms with Gasteiger partial charge >= 0.3 is 0 Å². The number of rotatable bonds is 5. The quantitative estimate of drug-likeness (QED) is 0.541. The lowest BCUT2D eigenvalue weighted by molar-refractivity contribution is 0.0921. The Morgan fingerprint density at radius 2 is 1.84 bits per heavy atom. The van der Waals surface area contributed by atoms with Crippen LogP contribution in [0.3, 0.4) is 0 Å². The third-order valence-corrected chi connectivity index (χ3v) is 5.78. The van der Waals surface area contributed by atoms with E-state index < -0.39 is 0 Å². The van der Waals surface area contributed by atoms with Gasteiger partial charge in [0.2, 0.25) is 0 Å². The van der Waals surface area contributed by atoms with Crippen molar-refractivity contribution in [2.24, 2.45) is 0 Å². The van der Waals surface area contributed by atoms with Gasteiger partial charge in [-0.1, -0.05) is 0 Å². The number of hydrogen-bond donors (Lipinski definition) is 1. The van der Waals surface area contributed by atoms with Crippen molar-refractivity contribution in [3.8, 4) is 16.9 Å². The van der Waals surface area contributed by atoms with Crippen molar-refractivity contribution >= 4 is 5.91 Å². The SMILES string of the molecule is O=C(NC1CCC(n2cc(-c3ccncn3)cn2)CC1)c1ccc(-n2cccn2)cc1. The maximum Gasteiger partial charge on any atom is 0.251 e. The molecule has 0 spiro atoms. The van der Waals surface area contributed by atoms with E-state index in [1.54, 1.807) is 23.4 Å². The molecular weight excluding hydrogens is 390 g/mol. The normalized spacial score (nSPS) is 18.6. The van der Waals surface area contributed by atoms with Crippen LogP contribution in [0.5, 0.6) is 0 Å². The molecule has 31 heavy (non-hydrogen) atoms. The Hall–Kier alpha value is -3.81. The predicted molar refractivity (Wildman–Crippen MR) is 116 cm³/mol. The van der Waals surface area contributed by atoms with Crippen LogP contribution in [0.2, 0.25) is 0 Å². The van der Waals surface area contributed by atoms with Gasteiger partial charge in [0, 0.05) is 42.0 Å². The standard InChI is InChI=1S/C23H23N7O/c31-23(17-2-6-20(7-3-17)29-13-1-11-26-29)28-19-4-8-21(9-5-19)30-15-18(14-27-30)22-10-12-24-16-25-22/h1-3,6-7,10-16,19,21H,4-5,8-9H2,(H,28,31). The number of benzene rings is 1. The zero-order valence-corrected chi connectivity index (χ0v) is 17.0. The minimum Gasteiger partial charge on any atom is -0.349 e. The number of carbonyl (C=O) groups is 1. The lowest BCUT2D eigenvalue weighted by atomic mass is 9.91. The Labute approximate surface area is 180 Å². The highest BCUT2D eigenvalue weighted by atomic mass is 16.1. The van der Waals surface area contributed by atoms with Gasteiger partial charge in [0.05, 0.1) is 23.6 Å². The van der Waals surface area contributed by atoms with Gasteiger partial charge in [0.25, 0.3) is 5.91 Å². The van der Waals surface area contributed by atoms with Crippen LogP contribution >= 0.6 is 0 Å². The second-order valence-corrected chi connectivity index (χ2v) is 7.78. The second-order valence-electron chi connectivity index (χ2n) is 7.78. The summed E-state index contributed by atoms with van der Waals surface area (Å²) in [5, 5.41) is 11.9. The van der Waals surface area contributed by atoms with Gasteiger partial charge in [-0.3, -0.25) is 9.48 Å². The molecule has 0 bridgehead atoms. The lowest BCUT2D eigenvalue weighted by Crippen LogP contribution is -2.38. The average Bonchev–Trinajstić information content (AvgIpc) is 3.53. The van der Waals surface area contributed by atoms with Crippen LogP contribution in [0.1, 0.15) is 42.1 Å². The van der Waals surface area contributed by atoms with Gasteiger partial charge in [-0.05, 0) is 62.1 Å². The fourth-order valence-electron chi connectivity index (χ4n) is 4.07. The van der Waals surface area contributed by atoms with Crippen molar-refractivity contribution < 1.29 is 4.79 Å². The molecule has 8 nitrogen and oxygen atoms in total. The first kappa shape index (κ1) is 19.2. The van der Waals surface area contributed by atoms with Gasteiger partial charge < -0.3 is 5.32 Å². The molecule has 1 fully saturated rings. The average molecular weight is 413 g/mol. The molecule has 156 valence electrons. The molecule has 1 amide bonds. The van der Waals surface area contributed by atoms with Crippen LogP contribution in [0, 0.1) is 0 Å². The van der Waals surface area contributed by atoms with Gasteiger partial charge in [-0.15, -0.1) is 0 Å². The number of amides is 1. The summed E-state index contributed by atoms with van der Waals surface area (Å²) in [6, 6.07) is 11.8. The summed E-state index contributed by atoms with van der Waals surface area (Å²) in [6.45, 7) is 0. The maximum absolute atomic E-state index is 12.7. The van der Waals surface area contributed by atoms with Gasteiger partial charge in [0.15, 0.2) is 0 Å². The summed E-state index contributed by atoms with van der Waals surface area (Å²) in [5.41, 5.74) is 3.47. The summed E-state index contributed by atoms with van der Waals surface area (Å²) in [4.78, 5) is 20.9. The van der Waals surface area contributed by atoms with Crippen molar-refractivity contribution in [1.29, 1.82) is 0 Å². The van der Waals surface area contributed by atoms with Crippen molar-refractivity contribution in [2.45, 2.75) is 37.8 Å². The third kappa shape index (κ3) is 4.23. The zero-order chi connectivity index (χ0) is 21.0. The van der Waals surface area contributed by atoms with E-state index in [0.29, 0.717) is 11.6 Å².